The van der Waals surface area contributed by atoms with Gasteiger partial charge in [-0.1, -0.05) is 13.3 Å². The Morgan fingerprint density at radius 2 is 2.25 bits per heavy atom. The molecule has 1 heterocycles. The molecule has 1 aromatic heterocycles. The highest BCUT2D eigenvalue weighted by atomic mass is 19.1. The van der Waals surface area contributed by atoms with Crippen LogP contribution in [0.1, 0.15) is 25.3 Å². The molecule has 0 bridgehead atoms. The summed E-state index contributed by atoms with van der Waals surface area (Å²) in [6.07, 6.45) is 4.61. The summed E-state index contributed by atoms with van der Waals surface area (Å²) in [5, 5.41) is 0. The van der Waals surface area contributed by atoms with Crippen LogP contribution in [-0.2, 0) is 4.74 Å². The monoisotopic (exact) mass is 228 g/mol. The predicted molar refractivity (Wildman–Crippen MR) is 58.5 cm³/mol. The molecule has 0 atom stereocenters. The summed E-state index contributed by atoms with van der Waals surface area (Å²) in [4.78, 5) is 3.03. The van der Waals surface area contributed by atoms with Gasteiger partial charge in [0, 0.05) is 11.8 Å². The molecule has 5 heteroatoms. The fourth-order valence-electron chi connectivity index (χ4n) is 1.09. The van der Waals surface area contributed by atoms with Crippen LogP contribution in [0.4, 0.5) is 14.5 Å². The molecule has 16 heavy (non-hydrogen) atoms. The number of hydrogen-bond acceptors (Lipinski definition) is 3. The molecular formula is C11H14F2N2O. The molecule has 0 radical (unpaired) electrons. The zero-order chi connectivity index (χ0) is 12.0. The van der Waals surface area contributed by atoms with E-state index >= 15 is 0 Å². The molecular weight excluding hydrogens is 214 g/mol. The topological polar surface area (TPSA) is 48.1 Å². The third-order valence-electron chi connectivity index (χ3n) is 1.96. The van der Waals surface area contributed by atoms with E-state index in [1.54, 1.807) is 0 Å². The quantitative estimate of drug-likeness (QED) is 0.479. The molecule has 0 amide bonds. The van der Waals surface area contributed by atoms with E-state index in [0.717, 1.165) is 18.9 Å². The van der Waals surface area contributed by atoms with E-state index in [0.29, 0.717) is 6.61 Å². The lowest BCUT2D eigenvalue weighted by Crippen LogP contribution is -1.99. The van der Waals surface area contributed by atoms with Gasteiger partial charge in [-0.05, 0) is 12.5 Å². The largest absolute Gasteiger partial charge is 0.501 e. The Bertz CT molecular complexity index is 357. The maximum Gasteiger partial charge on any atom is 0.224 e. The van der Waals surface area contributed by atoms with E-state index in [-0.39, 0.29) is 11.3 Å². The fourth-order valence-corrected chi connectivity index (χ4v) is 1.09. The number of rotatable bonds is 5. The normalized spacial score (nSPS) is 10.9. The van der Waals surface area contributed by atoms with Gasteiger partial charge in [0.2, 0.25) is 11.9 Å². The van der Waals surface area contributed by atoms with Crippen LogP contribution in [0.15, 0.2) is 12.3 Å². The highest BCUT2D eigenvalue weighted by Crippen LogP contribution is 2.16. The number of pyridine rings is 1. The molecule has 1 rings (SSSR count). The van der Waals surface area contributed by atoms with E-state index in [4.69, 9.17) is 10.5 Å². The summed E-state index contributed by atoms with van der Waals surface area (Å²) in [5.41, 5.74) is 5.48. The molecule has 0 aliphatic carbocycles. The van der Waals surface area contributed by atoms with Gasteiger partial charge < -0.3 is 10.5 Å². The average molecular weight is 228 g/mol. The highest BCUT2D eigenvalue weighted by molar-refractivity contribution is 5.63. The number of nitrogens with zero attached hydrogens (tertiary/aromatic N) is 1. The minimum atomic E-state index is -0.937. The van der Waals surface area contributed by atoms with Gasteiger partial charge in [-0.25, -0.2) is 0 Å². The smallest absolute Gasteiger partial charge is 0.224 e. The van der Waals surface area contributed by atoms with E-state index in [1.807, 2.05) is 6.92 Å². The molecule has 0 saturated carbocycles. The number of anilines is 1. The van der Waals surface area contributed by atoms with Gasteiger partial charge in [-0.2, -0.15) is 13.8 Å². The van der Waals surface area contributed by atoms with E-state index in [9.17, 15) is 8.78 Å². The van der Waals surface area contributed by atoms with Gasteiger partial charge in [0.05, 0.1) is 18.4 Å². The molecule has 88 valence electrons. The highest BCUT2D eigenvalue weighted by Gasteiger charge is 2.07. The van der Waals surface area contributed by atoms with Crippen molar-refractivity contribution in [2.24, 2.45) is 0 Å². The van der Waals surface area contributed by atoms with Gasteiger partial charge in [-0.15, -0.1) is 0 Å². The maximum atomic E-state index is 13.1. The van der Waals surface area contributed by atoms with E-state index in [1.165, 1.54) is 12.3 Å². The van der Waals surface area contributed by atoms with Crippen LogP contribution < -0.4 is 5.73 Å². The third-order valence-corrected chi connectivity index (χ3v) is 1.96. The summed E-state index contributed by atoms with van der Waals surface area (Å²) in [5.74, 6) is -1.87. The second-order valence-corrected chi connectivity index (χ2v) is 3.27. The number of nitrogen functional groups attached to an aromatic ring is 1. The van der Waals surface area contributed by atoms with Crippen molar-refractivity contribution in [1.29, 1.82) is 0 Å². The number of halogens is 2. The molecule has 2 N–H and O–H groups in total. The Morgan fingerprint density at radius 1 is 1.50 bits per heavy atom. The first-order chi connectivity index (χ1) is 7.65. The van der Waals surface area contributed by atoms with Crippen molar-refractivity contribution in [3.8, 4) is 0 Å². The average Bonchev–Trinajstić information content (AvgIpc) is 2.20. The second-order valence-electron chi connectivity index (χ2n) is 3.27. The molecule has 0 spiro atoms. The Kier molecular flexibility index (Phi) is 4.69. The summed E-state index contributed by atoms with van der Waals surface area (Å²) < 4.78 is 30.9. The van der Waals surface area contributed by atoms with Crippen molar-refractivity contribution in [2.75, 3.05) is 12.3 Å². The third kappa shape index (κ3) is 3.49. The van der Waals surface area contributed by atoms with Crippen LogP contribution in [0.25, 0.3) is 6.08 Å². The summed E-state index contributed by atoms with van der Waals surface area (Å²) in [6, 6.07) is 0.967. The zero-order valence-electron chi connectivity index (χ0n) is 9.04. The first-order valence-corrected chi connectivity index (χ1v) is 5.04. The molecule has 1 aromatic rings. The zero-order valence-corrected chi connectivity index (χ0v) is 9.04. The fraction of sp³-hybridized carbons (Fsp3) is 0.364. The van der Waals surface area contributed by atoms with Crippen molar-refractivity contribution >= 4 is 11.8 Å². The lowest BCUT2D eigenvalue weighted by molar-refractivity contribution is 0.246. The van der Waals surface area contributed by atoms with Gasteiger partial charge in [0.1, 0.15) is 0 Å². The number of aromatic nitrogens is 1. The van der Waals surface area contributed by atoms with Crippen molar-refractivity contribution < 1.29 is 13.5 Å². The van der Waals surface area contributed by atoms with Gasteiger partial charge >= 0.3 is 0 Å². The molecule has 0 saturated heterocycles. The van der Waals surface area contributed by atoms with E-state index < -0.39 is 11.9 Å². The number of nitrogens with two attached hydrogens (primary N) is 1. The molecule has 0 aliphatic rings. The SMILES string of the molecule is CCCCO/C=C/c1c(N)cc(F)nc1F. The van der Waals surface area contributed by atoms with Crippen LogP contribution in [0, 0.1) is 11.9 Å². The molecule has 0 unspecified atom stereocenters. The van der Waals surface area contributed by atoms with Crippen LogP contribution in [-0.4, -0.2) is 11.6 Å². The minimum absolute atomic E-state index is 0.000316. The number of hydrogen-bond donors (Lipinski definition) is 1. The van der Waals surface area contributed by atoms with Crippen LogP contribution in [0.3, 0.4) is 0 Å². The lowest BCUT2D eigenvalue weighted by Gasteiger charge is -2.02. The number of unbranched alkanes of at least 4 members (excludes halogenated alkanes) is 1. The molecule has 0 fully saturated rings. The molecule has 0 aliphatic heterocycles. The van der Waals surface area contributed by atoms with Gasteiger partial charge in [0.25, 0.3) is 0 Å². The van der Waals surface area contributed by atoms with E-state index in [2.05, 4.69) is 4.98 Å². The Hall–Kier alpha value is -1.65. The van der Waals surface area contributed by atoms with Crippen molar-refractivity contribution in [3.05, 3.63) is 29.8 Å². The Labute approximate surface area is 92.9 Å². The lowest BCUT2D eigenvalue weighted by atomic mass is 10.2. The summed E-state index contributed by atoms with van der Waals surface area (Å²) >= 11 is 0. The van der Waals surface area contributed by atoms with Crippen molar-refractivity contribution in [2.45, 2.75) is 19.8 Å². The second kappa shape index (κ2) is 6.05. The first kappa shape index (κ1) is 12.4. The van der Waals surface area contributed by atoms with Gasteiger partial charge in [0.15, 0.2) is 0 Å². The van der Waals surface area contributed by atoms with Gasteiger partial charge in [-0.3, -0.25) is 0 Å². The van der Waals surface area contributed by atoms with Crippen LogP contribution in [0.2, 0.25) is 0 Å². The van der Waals surface area contributed by atoms with Crippen molar-refractivity contribution in [1.82, 2.24) is 4.98 Å². The van der Waals surface area contributed by atoms with Crippen LogP contribution >= 0.6 is 0 Å². The summed E-state index contributed by atoms with van der Waals surface area (Å²) in [6.45, 7) is 2.60. The summed E-state index contributed by atoms with van der Waals surface area (Å²) in [7, 11) is 0. The maximum absolute atomic E-state index is 13.1. The minimum Gasteiger partial charge on any atom is -0.501 e. The van der Waals surface area contributed by atoms with Crippen molar-refractivity contribution in [3.63, 3.8) is 0 Å². The molecule has 0 aromatic carbocycles. The Balaban J connectivity index is 2.66. The standard InChI is InChI=1S/C11H14F2N2O/c1-2-3-5-16-6-4-8-9(14)7-10(12)15-11(8)13/h4,6-7H,2-3,5H2,1H3,(H2,14,15)/b6-4+. The predicted octanol–water partition coefficient (Wildman–Crippen LogP) is 2.73. The van der Waals surface area contributed by atoms with Crippen LogP contribution in [0.5, 0.6) is 0 Å². The molecule has 3 nitrogen and oxygen atoms in total. The Morgan fingerprint density at radius 3 is 2.88 bits per heavy atom. The number of ether oxygens (including phenoxy) is 1. The first-order valence-electron chi connectivity index (χ1n) is 5.04.